The van der Waals surface area contributed by atoms with Crippen molar-refractivity contribution in [3.8, 4) is 12.1 Å². The lowest BCUT2D eigenvalue weighted by molar-refractivity contribution is -0.138. The average Bonchev–Trinajstić information content (AvgIpc) is 2.93. The average molecular weight is 579 g/mol. The Morgan fingerprint density at radius 1 is 0.854 bits per heavy atom. The number of carboxylic acids is 1. The molecular formula is C29H46N4O8. The Hall–Kier alpha value is -4.58. The maximum absolute atomic E-state index is 10.3. The van der Waals surface area contributed by atoms with Crippen molar-refractivity contribution in [3.63, 3.8) is 0 Å². The number of carboxylic acid groups (broad SMARTS) is 1. The molecule has 0 saturated heterocycles. The van der Waals surface area contributed by atoms with Crippen LogP contribution in [0.25, 0.3) is 0 Å². The van der Waals surface area contributed by atoms with E-state index in [1.54, 1.807) is 41.5 Å². The third kappa shape index (κ3) is 42.8. The van der Waals surface area contributed by atoms with Crippen molar-refractivity contribution in [1.29, 1.82) is 10.5 Å². The van der Waals surface area contributed by atoms with Gasteiger partial charge in [0.25, 0.3) is 0 Å². The molecule has 0 aliphatic heterocycles. The molecule has 0 aromatic rings. The van der Waals surface area contributed by atoms with E-state index in [1.165, 1.54) is 20.1 Å². The van der Waals surface area contributed by atoms with E-state index in [1.807, 2.05) is 19.1 Å². The Bertz CT molecular complexity index is 926. The zero-order valence-corrected chi connectivity index (χ0v) is 25.9. The smallest absolute Gasteiger partial charge is 0.332 e. The molecule has 0 spiro atoms. The van der Waals surface area contributed by atoms with Crippen LogP contribution >= 0.6 is 0 Å². The van der Waals surface area contributed by atoms with E-state index < -0.39 is 17.0 Å². The largest absolute Gasteiger partial charge is 0.478 e. The van der Waals surface area contributed by atoms with Gasteiger partial charge in [-0.25, -0.2) is 19.2 Å². The van der Waals surface area contributed by atoms with Crippen molar-refractivity contribution in [2.75, 3.05) is 20.3 Å². The molecule has 0 bridgehead atoms. The predicted octanol–water partition coefficient (Wildman–Crippen LogP) is 5.68. The summed E-state index contributed by atoms with van der Waals surface area (Å²) in [5.41, 5.74) is -1.07. The summed E-state index contributed by atoms with van der Waals surface area (Å²) in [4.78, 5) is 40.2. The normalized spacial score (nSPS) is 9.24. The highest BCUT2D eigenvalue weighted by Gasteiger charge is 2.19. The van der Waals surface area contributed by atoms with Gasteiger partial charge in [0.1, 0.15) is 0 Å². The summed E-state index contributed by atoms with van der Waals surface area (Å²) in [6, 6.07) is 3.94. The number of rotatable bonds is 10. The van der Waals surface area contributed by atoms with Crippen LogP contribution in [0, 0.1) is 22.7 Å². The minimum Gasteiger partial charge on any atom is -0.478 e. The molecule has 0 heterocycles. The van der Waals surface area contributed by atoms with Crippen LogP contribution in [0.3, 0.4) is 0 Å². The van der Waals surface area contributed by atoms with Crippen molar-refractivity contribution in [2.24, 2.45) is 10.2 Å². The molecule has 0 fully saturated rings. The molecule has 0 saturated carbocycles. The van der Waals surface area contributed by atoms with Crippen molar-refractivity contribution in [2.45, 2.75) is 79.3 Å². The van der Waals surface area contributed by atoms with Crippen molar-refractivity contribution < 1.29 is 38.5 Å². The summed E-state index contributed by atoms with van der Waals surface area (Å²) in [6.45, 7) is 27.3. The molecule has 0 rings (SSSR count). The van der Waals surface area contributed by atoms with Crippen LogP contribution in [0.2, 0.25) is 0 Å². The standard InChI is InChI=1S/C8H12N4.C7H12O2.2C5H8O2.C4H6O2/c1-7(2,5-9)11-12-8(3,4)6-10;1-3-5-6-9-7(8)4-2;1-4(2)5(6)7-3;1-3-5(6)7-4-2;1-3(2)4(5)6/h1-4H3;4H,2-3,5-6H2,1H3;1H2,2-3H3;3H,1,4H2,2H3;1H2,2H3,(H,5,6). The van der Waals surface area contributed by atoms with Gasteiger partial charge in [-0.1, -0.05) is 39.7 Å². The molecule has 41 heavy (non-hydrogen) atoms. The number of hydrogen-bond acceptors (Lipinski definition) is 11. The van der Waals surface area contributed by atoms with Gasteiger partial charge in [0.15, 0.2) is 11.1 Å². The third-order valence-corrected chi connectivity index (χ3v) is 3.36. The molecular weight excluding hydrogens is 532 g/mol. The van der Waals surface area contributed by atoms with E-state index in [0.717, 1.165) is 18.9 Å². The van der Waals surface area contributed by atoms with Crippen LogP contribution in [0.1, 0.15) is 68.2 Å². The highest BCUT2D eigenvalue weighted by atomic mass is 16.5. The third-order valence-electron chi connectivity index (χ3n) is 3.36. The van der Waals surface area contributed by atoms with Gasteiger partial charge in [0.05, 0.1) is 32.5 Å². The first kappa shape index (κ1) is 46.3. The van der Waals surface area contributed by atoms with Gasteiger partial charge in [-0.3, -0.25) is 0 Å². The van der Waals surface area contributed by atoms with Gasteiger partial charge in [-0.2, -0.15) is 20.8 Å². The Kier molecular flexibility index (Phi) is 32.1. The number of ether oxygens (including phenoxy) is 3. The Morgan fingerprint density at radius 3 is 1.39 bits per heavy atom. The first-order chi connectivity index (χ1) is 18.8. The molecule has 12 nitrogen and oxygen atoms in total. The van der Waals surface area contributed by atoms with Crippen LogP contribution in [-0.2, 0) is 33.4 Å². The number of nitriles is 2. The van der Waals surface area contributed by atoms with Crippen molar-refractivity contribution in [3.05, 3.63) is 49.6 Å². The van der Waals surface area contributed by atoms with Crippen LogP contribution in [0.15, 0.2) is 59.8 Å². The van der Waals surface area contributed by atoms with Crippen molar-refractivity contribution in [1.82, 2.24) is 0 Å². The summed E-state index contributed by atoms with van der Waals surface area (Å²) in [5.74, 6) is -1.97. The number of azo groups is 1. The molecule has 0 atom stereocenters. The van der Waals surface area contributed by atoms with Gasteiger partial charge in [0, 0.05) is 23.3 Å². The number of nitrogens with zero attached hydrogens (tertiary/aromatic N) is 4. The number of methoxy groups -OCH3 is 1. The second kappa shape index (κ2) is 28.4. The van der Waals surface area contributed by atoms with E-state index >= 15 is 0 Å². The van der Waals surface area contributed by atoms with E-state index in [4.69, 9.17) is 15.6 Å². The number of unbranched alkanes of at least 4 members (excludes halogenated alkanes) is 1. The SMILES string of the molecule is C=C(C)C(=O)O.C=C(C)C(=O)OC.C=CC(=O)OCC.C=CC(=O)OCCCC.CC(C)(C#N)N=NC(C)(C)C#N. The summed E-state index contributed by atoms with van der Waals surface area (Å²) >= 11 is 0. The summed E-state index contributed by atoms with van der Waals surface area (Å²) in [7, 11) is 1.33. The minimum atomic E-state index is -0.935. The van der Waals surface area contributed by atoms with Crippen LogP contribution in [0.4, 0.5) is 0 Å². The fraction of sp³-hybridized carbons (Fsp3) is 0.517. The number of aliphatic carboxylic acids is 1. The van der Waals surface area contributed by atoms with E-state index in [0.29, 0.717) is 18.8 Å². The highest BCUT2D eigenvalue weighted by Crippen LogP contribution is 2.13. The Morgan fingerprint density at radius 2 is 1.22 bits per heavy atom. The number of hydrogen-bond donors (Lipinski definition) is 1. The molecule has 12 heteroatoms. The van der Waals surface area contributed by atoms with Gasteiger partial charge in [0.2, 0.25) is 0 Å². The van der Waals surface area contributed by atoms with Gasteiger partial charge in [-0.15, -0.1) is 0 Å². The van der Waals surface area contributed by atoms with E-state index in [9.17, 15) is 19.2 Å². The molecule has 0 radical (unpaired) electrons. The van der Waals surface area contributed by atoms with E-state index in [-0.39, 0.29) is 23.5 Å². The second-order valence-corrected chi connectivity index (χ2v) is 8.58. The highest BCUT2D eigenvalue weighted by molar-refractivity contribution is 5.86. The lowest BCUT2D eigenvalue weighted by Gasteiger charge is -2.11. The van der Waals surface area contributed by atoms with Crippen LogP contribution in [-0.4, -0.2) is 60.4 Å². The topological polar surface area (TPSA) is 189 Å². The molecule has 0 amide bonds. The summed E-state index contributed by atoms with van der Waals surface area (Å²) < 4.78 is 13.4. The Labute approximate surface area is 244 Å². The maximum atomic E-state index is 10.3. The van der Waals surface area contributed by atoms with Crippen molar-refractivity contribution >= 4 is 23.9 Å². The van der Waals surface area contributed by atoms with E-state index in [2.05, 4.69) is 50.8 Å². The first-order valence-corrected chi connectivity index (χ1v) is 12.2. The number of carbonyl (C=O) groups is 4. The monoisotopic (exact) mass is 578 g/mol. The van der Waals surface area contributed by atoms with Gasteiger partial charge >= 0.3 is 23.9 Å². The fourth-order valence-corrected chi connectivity index (χ4v) is 1.05. The molecule has 1 N–H and O–H groups in total. The molecule has 0 unspecified atom stereocenters. The molecule has 0 aromatic carbocycles. The molecule has 230 valence electrons. The second-order valence-electron chi connectivity index (χ2n) is 8.58. The fourth-order valence-electron chi connectivity index (χ4n) is 1.05. The lowest BCUT2D eigenvalue weighted by atomic mass is 10.1. The van der Waals surface area contributed by atoms with Crippen LogP contribution in [0.5, 0.6) is 0 Å². The maximum Gasteiger partial charge on any atom is 0.332 e. The Balaban J connectivity index is -0.000000135. The zero-order chi connectivity index (χ0) is 33.7. The molecule has 0 aliphatic rings. The molecule has 0 aromatic heterocycles. The van der Waals surface area contributed by atoms with Gasteiger partial charge in [-0.05, 0) is 54.9 Å². The van der Waals surface area contributed by atoms with Crippen LogP contribution < -0.4 is 0 Å². The lowest BCUT2D eigenvalue weighted by Crippen LogP contribution is -2.17. The summed E-state index contributed by atoms with van der Waals surface area (Å²) in [6.07, 6.45) is 4.29. The predicted molar refractivity (Wildman–Crippen MR) is 156 cm³/mol. The number of esters is 3. The minimum absolute atomic E-state index is 0.176. The quantitative estimate of drug-likeness (QED) is 0.111. The van der Waals surface area contributed by atoms with Gasteiger partial charge < -0.3 is 19.3 Å². The first-order valence-electron chi connectivity index (χ1n) is 12.2. The summed E-state index contributed by atoms with van der Waals surface area (Å²) in [5, 5.41) is 32.6. The zero-order valence-electron chi connectivity index (χ0n) is 25.9. The molecule has 0 aliphatic carbocycles. The number of carbonyl (C=O) groups excluding carboxylic acids is 3.